The minimum absolute atomic E-state index is 0.185. The first-order chi connectivity index (χ1) is 11.5. The van der Waals surface area contributed by atoms with E-state index >= 15 is 0 Å². The quantitative estimate of drug-likeness (QED) is 0.790. The number of carbonyl (C=O) groups excluding carboxylic acids is 2. The molecular weight excluding hydrogens is 306 g/mol. The maximum atomic E-state index is 12.1. The summed E-state index contributed by atoms with van der Waals surface area (Å²) >= 11 is 0. The van der Waals surface area contributed by atoms with Crippen LogP contribution in [0.5, 0.6) is 5.75 Å². The van der Waals surface area contributed by atoms with E-state index in [2.05, 4.69) is 16.0 Å². The number of hydrogen-bond acceptors (Lipinski definition) is 3. The number of anilines is 1. The lowest BCUT2D eigenvalue weighted by Gasteiger charge is -2.12. The molecule has 0 aliphatic rings. The van der Waals surface area contributed by atoms with Gasteiger partial charge in [-0.3, -0.25) is 4.79 Å². The summed E-state index contributed by atoms with van der Waals surface area (Å²) in [5.41, 5.74) is 2.81. The molecule has 6 heteroatoms. The average molecular weight is 327 g/mol. The normalized spacial score (nSPS) is 9.96. The molecule has 2 aromatic carbocycles. The first-order valence-electron chi connectivity index (χ1n) is 7.54. The Bertz CT molecular complexity index is 727. The van der Waals surface area contributed by atoms with Crippen LogP contribution in [0.4, 0.5) is 10.5 Å². The number of hydrogen-bond donors (Lipinski definition) is 3. The third-order valence-electron chi connectivity index (χ3n) is 3.67. The van der Waals surface area contributed by atoms with Gasteiger partial charge in [0.2, 0.25) is 0 Å². The topological polar surface area (TPSA) is 79.5 Å². The van der Waals surface area contributed by atoms with Crippen molar-refractivity contribution in [1.29, 1.82) is 0 Å². The molecule has 0 aliphatic carbocycles. The summed E-state index contributed by atoms with van der Waals surface area (Å²) in [6, 6.07) is 12.3. The summed E-state index contributed by atoms with van der Waals surface area (Å²) in [6.07, 6.45) is 0. The molecule has 0 bridgehead atoms. The van der Waals surface area contributed by atoms with Gasteiger partial charge in [-0.15, -0.1) is 0 Å². The van der Waals surface area contributed by atoms with Crippen molar-refractivity contribution in [1.82, 2.24) is 10.6 Å². The Morgan fingerprint density at radius 3 is 2.42 bits per heavy atom. The van der Waals surface area contributed by atoms with Crippen LogP contribution in [0.3, 0.4) is 0 Å². The average Bonchev–Trinajstić information content (AvgIpc) is 2.61. The Hall–Kier alpha value is -3.02. The Labute approximate surface area is 141 Å². The smallest absolute Gasteiger partial charge is 0.319 e. The first-order valence-corrected chi connectivity index (χ1v) is 7.54. The van der Waals surface area contributed by atoms with E-state index in [4.69, 9.17) is 4.74 Å². The fourth-order valence-corrected chi connectivity index (χ4v) is 2.24. The lowest BCUT2D eigenvalue weighted by molar-refractivity contribution is 0.0962. The fraction of sp³-hybridized carbons (Fsp3) is 0.222. The molecule has 6 nitrogen and oxygen atoms in total. The number of methoxy groups -OCH3 is 1. The van der Waals surface area contributed by atoms with Crippen LogP contribution in [0.1, 0.15) is 21.5 Å². The summed E-state index contributed by atoms with van der Waals surface area (Å²) in [4.78, 5) is 23.8. The molecule has 0 saturated carbocycles. The van der Waals surface area contributed by atoms with Gasteiger partial charge in [-0.05, 0) is 42.3 Å². The van der Waals surface area contributed by atoms with Gasteiger partial charge in [0.1, 0.15) is 5.75 Å². The third kappa shape index (κ3) is 4.25. The van der Waals surface area contributed by atoms with E-state index in [0.717, 1.165) is 16.9 Å². The molecule has 0 saturated heterocycles. The molecule has 24 heavy (non-hydrogen) atoms. The highest BCUT2D eigenvalue weighted by molar-refractivity contribution is 5.98. The van der Waals surface area contributed by atoms with Crippen LogP contribution in [-0.4, -0.2) is 26.1 Å². The Morgan fingerprint density at radius 1 is 1.08 bits per heavy atom. The van der Waals surface area contributed by atoms with Gasteiger partial charge in [-0.2, -0.15) is 0 Å². The van der Waals surface area contributed by atoms with Gasteiger partial charge in [0.05, 0.1) is 7.11 Å². The van der Waals surface area contributed by atoms with Crippen molar-refractivity contribution in [2.75, 3.05) is 19.5 Å². The van der Waals surface area contributed by atoms with Crippen LogP contribution in [0.15, 0.2) is 42.5 Å². The monoisotopic (exact) mass is 327 g/mol. The molecule has 0 aliphatic heterocycles. The van der Waals surface area contributed by atoms with Gasteiger partial charge in [0, 0.05) is 24.8 Å². The van der Waals surface area contributed by atoms with Gasteiger partial charge in [-0.1, -0.05) is 18.2 Å². The maximum absolute atomic E-state index is 12.1. The number of amides is 3. The fourth-order valence-electron chi connectivity index (χ4n) is 2.24. The molecule has 0 fully saturated rings. The van der Waals surface area contributed by atoms with E-state index < -0.39 is 0 Å². The Kier molecular flexibility index (Phi) is 5.78. The largest absolute Gasteiger partial charge is 0.497 e. The molecular formula is C18H21N3O3. The zero-order valence-electron chi connectivity index (χ0n) is 14.0. The molecule has 2 aromatic rings. The second-order valence-corrected chi connectivity index (χ2v) is 5.21. The molecule has 0 aromatic heterocycles. The van der Waals surface area contributed by atoms with Crippen molar-refractivity contribution in [3.8, 4) is 5.75 Å². The SMILES string of the molecule is CNC(=O)c1cccc(NC(=O)NCc2ccc(OC)cc2)c1C. The van der Waals surface area contributed by atoms with Crippen molar-refractivity contribution in [3.05, 3.63) is 59.2 Å². The van der Waals surface area contributed by atoms with Gasteiger partial charge in [-0.25, -0.2) is 4.79 Å². The minimum Gasteiger partial charge on any atom is -0.497 e. The molecule has 0 heterocycles. The lowest BCUT2D eigenvalue weighted by Crippen LogP contribution is -2.29. The predicted molar refractivity (Wildman–Crippen MR) is 93.4 cm³/mol. The van der Waals surface area contributed by atoms with E-state index in [9.17, 15) is 9.59 Å². The Balaban J connectivity index is 1.98. The molecule has 126 valence electrons. The molecule has 0 spiro atoms. The number of ether oxygens (including phenoxy) is 1. The Morgan fingerprint density at radius 2 is 1.79 bits per heavy atom. The van der Waals surface area contributed by atoms with E-state index in [1.807, 2.05) is 24.3 Å². The van der Waals surface area contributed by atoms with E-state index in [1.54, 1.807) is 39.3 Å². The summed E-state index contributed by atoms with van der Waals surface area (Å²) in [6.45, 7) is 2.19. The zero-order valence-corrected chi connectivity index (χ0v) is 14.0. The number of carbonyl (C=O) groups is 2. The molecule has 0 atom stereocenters. The van der Waals surface area contributed by atoms with Crippen LogP contribution < -0.4 is 20.7 Å². The molecule has 3 amide bonds. The number of nitrogens with one attached hydrogen (secondary N) is 3. The molecule has 3 N–H and O–H groups in total. The molecule has 0 radical (unpaired) electrons. The van der Waals surface area contributed by atoms with Crippen LogP contribution in [-0.2, 0) is 6.54 Å². The van der Waals surface area contributed by atoms with Crippen LogP contribution in [0, 0.1) is 6.92 Å². The van der Waals surface area contributed by atoms with Crippen LogP contribution in [0.2, 0.25) is 0 Å². The highest BCUT2D eigenvalue weighted by Crippen LogP contribution is 2.19. The highest BCUT2D eigenvalue weighted by atomic mass is 16.5. The standard InChI is InChI=1S/C18H21N3O3/c1-12-15(17(22)19-2)5-4-6-16(12)21-18(23)20-11-13-7-9-14(24-3)10-8-13/h4-10H,11H2,1-3H3,(H,19,22)(H2,20,21,23). The summed E-state index contributed by atoms with van der Waals surface area (Å²) < 4.78 is 5.09. The predicted octanol–water partition coefficient (Wildman–Crippen LogP) is 2.68. The summed E-state index contributed by atoms with van der Waals surface area (Å²) in [5.74, 6) is 0.583. The van der Waals surface area contributed by atoms with Gasteiger partial charge in [0.25, 0.3) is 5.91 Å². The third-order valence-corrected chi connectivity index (χ3v) is 3.67. The van der Waals surface area contributed by atoms with Crippen molar-refractivity contribution >= 4 is 17.6 Å². The van der Waals surface area contributed by atoms with E-state index in [1.165, 1.54) is 0 Å². The van der Waals surface area contributed by atoms with Crippen LogP contribution in [0.25, 0.3) is 0 Å². The van der Waals surface area contributed by atoms with Gasteiger partial charge in [0.15, 0.2) is 0 Å². The second-order valence-electron chi connectivity index (χ2n) is 5.21. The van der Waals surface area contributed by atoms with Gasteiger partial charge < -0.3 is 20.7 Å². The highest BCUT2D eigenvalue weighted by Gasteiger charge is 2.11. The second kappa shape index (κ2) is 8.01. The van der Waals surface area contributed by atoms with Crippen molar-refractivity contribution < 1.29 is 14.3 Å². The van der Waals surface area contributed by atoms with Crippen LogP contribution >= 0.6 is 0 Å². The minimum atomic E-state index is -0.331. The number of benzene rings is 2. The van der Waals surface area contributed by atoms with Gasteiger partial charge >= 0.3 is 6.03 Å². The zero-order chi connectivity index (χ0) is 17.5. The van der Waals surface area contributed by atoms with Crippen molar-refractivity contribution in [2.45, 2.75) is 13.5 Å². The number of rotatable bonds is 5. The van der Waals surface area contributed by atoms with Crippen molar-refractivity contribution in [3.63, 3.8) is 0 Å². The molecule has 2 rings (SSSR count). The molecule has 0 unspecified atom stereocenters. The maximum Gasteiger partial charge on any atom is 0.319 e. The van der Waals surface area contributed by atoms with Crippen molar-refractivity contribution in [2.24, 2.45) is 0 Å². The first kappa shape index (κ1) is 17.3. The number of urea groups is 1. The summed E-state index contributed by atoms with van der Waals surface area (Å²) in [7, 11) is 3.18. The van der Waals surface area contributed by atoms with E-state index in [-0.39, 0.29) is 11.9 Å². The summed E-state index contributed by atoms with van der Waals surface area (Å²) in [5, 5.41) is 8.13. The lowest BCUT2D eigenvalue weighted by atomic mass is 10.1. The van der Waals surface area contributed by atoms with E-state index in [0.29, 0.717) is 17.8 Å².